The molecule has 1 saturated heterocycles. The molecule has 1 amide bonds. The molecule has 0 spiro atoms. The third-order valence-corrected chi connectivity index (χ3v) is 9.44. The number of thiocarbonyl (C=S) groups is 1. The fraction of sp³-hybridized carbons (Fsp3) is 0.667. The number of amides is 1. The van der Waals surface area contributed by atoms with Gasteiger partial charge in [-0.05, 0) is 48.6 Å². The lowest BCUT2D eigenvalue weighted by atomic mass is 9.98. The molecule has 0 aliphatic carbocycles. The van der Waals surface area contributed by atoms with E-state index in [4.69, 9.17) is 17.3 Å². The van der Waals surface area contributed by atoms with Gasteiger partial charge >= 0.3 is 5.97 Å². The van der Waals surface area contributed by atoms with Gasteiger partial charge in [0.25, 0.3) is 5.91 Å². The molecule has 1 fully saturated rings. The predicted molar refractivity (Wildman–Crippen MR) is 174 cm³/mol. The zero-order valence-corrected chi connectivity index (χ0v) is 26.3. The maximum absolute atomic E-state index is 12.6. The van der Waals surface area contributed by atoms with Crippen LogP contribution in [0.1, 0.15) is 127 Å². The molecule has 0 saturated carbocycles. The summed E-state index contributed by atoms with van der Waals surface area (Å²) in [6.07, 6.45) is 26.3. The van der Waals surface area contributed by atoms with Crippen LogP contribution >= 0.6 is 24.0 Å². The van der Waals surface area contributed by atoms with Gasteiger partial charge in [-0.1, -0.05) is 133 Å². The Kier molecular flexibility index (Phi) is 15.1. The maximum Gasteiger partial charge on any atom is 0.323 e. The number of aliphatic carboxylic acids is 1. The second-order valence-electron chi connectivity index (χ2n) is 11.4. The highest BCUT2D eigenvalue weighted by Gasteiger charge is 2.33. The van der Waals surface area contributed by atoms with Crippen molar-refractivity contribution in [1.82, 2.24) is 4.90 Å². The van der Waals surface area contributed by atoms with Crippen molar-refractivity contribution >= 4 is 51.9 Å². The summed E-state index contributed by atoms with van der Waals surface area (Å²) in [7, 11) is 0. The van der Waals surface area contributed by atoms with Crippen LogP contribution in [0.4, 0.5) is 5.69 Å². The predicted octanol–water partition coefficient (Wildman–Crippen LogP) is 8.99. The number of carbonyl (C=O) groups is 2. The summed E-state index contributed by atoms with van der Waals surface area (Å²) in [5, 5.41) is 9.04. The molecular weight excluding hydrogens is 537 g/mol. The highest BCUT2D eigenvalue weighted by Crippen LogP contribution is 2.34. The van der Waals surface area contributed by atoms with Crippen LogP contribution < -0.4 is 4.90 Å². The van der Waals surface area contributed by atoms with E-state index in [9.17, 15) is 9.59 Å². The first-order chi connectivity index (χ1) is 19.5. The van der Waals surface area contributed by atoms with Gasteiger partial charge in [-0.15, -0.1) is 0 Å². The van der Waals surface area contributed by atoms with Crippen LogP contribution in [0.3, 0.4) is 0 Å². The maximum atomic E-state index is 12.6. The summed E-state index contributed by atoms with van der Waals surface area (Å²) >= 11 is 6.39. The highest BCUT2D eigenvalue weighted by molar-refractivity contribution is 8.26. The molecule has 1 N–H and O–H groups in total. The molecule has 0 bridgehead atoms. The number of benzene rings is 1. The summed E-state index contributed by atoms with van der Waals surface area (Å²) in [6, 6.07) is 6.43. The molecule has 0 atom stereocenters. The third-order valence-electron chi connectivity index (χ3n) is 8.06. The van der Waals surface area contributed by atoms with Crippen molar-refractivity contribution in [2.24, 2.45) is 0 Å². The van der Waals surface area contributed by atoms with Gasteiger partial charge in [-0.2, -0.15) is 0 Å². The van der Waals surface area contributed by atoms with Gasteiger partial charge in [0.2, 0.25) is 0 Å². The Hall–Kier alpha value is -1.86. The minimum atomic E-state index is -1.06. The Morgan fingerprint density at radius 1 is 0.925 bits per heavy atom. The second-order valence-corrected chi connectivity index (χ2v) is 13.1. The standard InChI is InChI=1S/C33H50N2O3S2/c1-2-3-4-5-6-7-8-9-10-11-12-13-14-15-16-17-22-34-23-18-19-28-24-27(20-21-29(28)34)25-30-32(38)35(26-31(36)37)33(39)40-30/h20-21,24-25H,2-19,22-23,26H2,1H3,(H,36,37). The number of fused-ring (bicyclic) bond motifs is 1. The highest BCUT2D eigenvalue weighted by atomic mass is 32.2. The summed E-state index contributed by atoms with van der Waals surface area (Å²) in [5.41, 5.74) is 3.62. The van der Waals surface area contributed by atoms with E-state index >= 15 is 0 Å². The Labute approximate surface area is 252 Å². The molecule has 0 radical (unpaired) electrons. The van der Waals surface area contributed by atoms with E-state index in [1.165, 1.54) is 126 Å². The van der Waals surface area contributed by atoms with Crippen LogP contribution in [0.5, 0.6) is 0 Å². The fourth-order valence-electron chi connectivity index (χ4n) is 5.79. The van der Waals surface area contributed by atoms with Crippen molar-refractivity contribution in [2.75, 3.05) is 24.5 Å². The number of rotatable bonds is 20. The topological polar surface area (TPSA) is 60.9 Å². The lowest BCUT2D eigenvalue weighted by Gasteiger charge is -2.31. The van der Waals surface area contributed by atoms with E-state index in [2.05, 4.69) is 30.0 Å². The number of carboxylic acid groups (broad SMARTS) is 1. The number of carbonyl (C=O) groups excluding carboxylic acids is 1. The van der Waals surface area contributed by atoms with Gasteiger partial charge in [0.1, 0.15) is 10.9 Å². The monoisotopic (exact) mass is 586 g/mol. The molecule has 222 valence electrons. The SMILES string of the molecule is CCCCCCCCCCCCCCCCCCN1CCCc2cc(C=C3SC(=S)N(CC(=O)O)C3=O)ccc21. The zero-order chi connectivity index (χ0) is 28.6. The molecule has 1 aromatic rings. The van der Waals surface area contributed by atoms with Gasteiger partial charge in [0.05, 0.1) is 4.91 Å². The van der Waals surface area contributed by atoms with Crippen molar-refractivity contribution in [3.8, 4) is 0 Å². The first-order valence-electron chi connectivity index (χ1n) is 15.8. The average Bonchev–Trinajstić information content (AvgIpc) is 3.19. The Balaban J connectivity index is 1.29. The normalized spacial score (nSPS) is 16.3. The van der Waals surface area contributed by atoms with Crippen LogP contribution in [0.2, 0.25) is 0 Å². The van der Waals surface area contributed by atoms with E-state index < -0.39 is 5.97 Å². The minimum Gasteiger partial charge on any atom is -0.480 e. The Morgan fingerprint density at radius 3 is 2.08 bits per heavy atom. The molecule has 0 aromatic heterocycles. The molecule has 5 nitrogen and oxygen atoms in total. The third kappa shape index (κ3) is 11.2. The van der Waals surface area contributed by atoms with Gasteiger partial charge in [-0.25, -0.2) is 0 Å². The molecule has 2 aliphatic heterocycles. The first-order valence-corrected chi connectivity index (χ1v) is 17.1. The van der Waals surface area contributed by atoms with Gasteiger partial charge < -0.3 is 10.0 Å². The Morgan fingerprint density at radius 2 is 1.50 bits per heavy atom. The summed E-state index contributed by atoms with van der Waals surface area (Å²) < 4.78 is 0.307. The van der Waals surface area contributed by atoms with Crippen molar-refractivity contribution < 1.29 is 14.7 Å². The molecular formula is C33H50N2O3S2. The van der Waals surface area contributed by atoms with E-state index in [1.807, 2.05) is 6.08 Å². The lowest BCUT2D eigenvalue weighted by Crippen LogP contribution is -2.33. The summed E-state index contributed by atoms with van der Waals surface area (Å²) in [6.45, 7) is 4.12. The van der Waals surface area contributed by atoms with Crippen LogP contribution in [0.25, 0.3) is 6.08 Å². The molecule has 40 heavy (non-hydrogen) atoms. The van der Waals surface area contributed by atoms with Crippen LogP contribution in [-0.2, 0) is 16.0 Å². The fourth-order valence-corrected chi connectivity index (χ4v) is 7.05. The quantitative estimate of drug-likeness (QED) is 0.0935. The second kappa shape index (κ2) is 18.5. The number of hydrogen-bond acceptors (Lipinski definition) is 5. The average molecular weight is 587 g/mol. The number of hydrogen-bond donors (Lipinski definition) is 1. The summed E-state index contributed by atoms with van der Waals surface area (Å²) in [5.74, 6) is -1.38. The first kappa shape index (κ1) is 32.7. The molecule has 2 aliphatic rings. The lowest BCUT2D eigenvalue weighted by molar-refractivity contribution is -0.140. The van der Waals surface area contributed by atoms with Crippen LogP contribution in [0.15, 0.2) is 23.1 Å². The largest absolute Gasteiger partial charge is 0.480 e. The van der Waals surface area contributed by atoms with Crippen molar-refractivity contribution in [3.05, 3.63) is 34.2 Å². The summed E-state index contributed by atoms with van der Waals surface area (Å²) in [4.78, 5) is 27.8. The zero-order valence-electron chi connectivity index (χ0n) is 24.6. The van der Waals surface area contributed by atoms with E-state index in [0.717, 1.165) is 36.4 Å². The van der Waals surface area contributed by atoms with Crippen LogP contribution in [-0.4, -0.2) is 45.8 Å². The van der Waals surface area contributed by atoms with Crippen molar-refractivity contribution in [3.63, 3.8) is 0 Å². The van der Waals surface area contributed by atoms with Gasteiger partial charge in [0, 0.05) is 18.8 Å². The van der Waals surface area contributed by atoms with Crippen molar-refractivity contribution in [2.45, 2.75) is 122 Å². The molecule has 3 rings (SSSR count). The number of nitrogens with zero attached hydrogens (tertiary/aromatic N) is 2. The van der Waals surface area contributed by atoms with E-state index in [-0.39, 0.29) is 12.5 Å². The van der Waals surface area contributed by atoms with Gasteiger partial charge in [-0.3, -0.25) is 14.5 Å². The minimum absolute atomic E-state index is 0.307. The number of carboxylic acids is 1. The van der Waals surface area contributed by atoms with E-state index in [1.54, 1.807) is 0 Å². The van der Waals surface area contributed by atoms with E-state index in [0.29, 0.717) is 9.23 Å². The number of thioether (sulfide) groups is 1. The molecule has 0 unspecified atom stereocenters. The van der Waals surface area contributed by atoms with Crippen molar-refractivity contribution in [1.29, 1.82) is 0 Å². The smallest absolute Gasteiger partial charge is 0.323 e. The van der Waals surface area contributed by atoms with Crippen LogP contribution in [0, 0.1) is 0 Å². The number of aryl methyl sites for hydroxylation is 1. The number of unbranched alkanes of at least 4 members (excludes halogenated alkanes) is 15. The number of anilines is 1. The Bertz CT molecular complexity index is 994. The van der Waals surface area contributed by atoms with Gasteiger partial charge in [0.15, 0.2) is 0 Å². The molecule has 7 heteroatoms. The molecule has 1 aromatic carbocycles. The molecule has 2 heterocycles.